The minimum Gasteiger partial charge on any atom is -0.408 e. The van der Waals surface area contributed by atoms with Crippen molar-refractivity contribution in [1.29, 1.82) is 0 Å². The van der Waals surface area contributed by atoms with Gasteiger partial charge in [-0.05, 0) is 44.0 Å². The number of benzene rings is 1. The SMILES string of the molecule is O=C1CCC(N2C(=O)c3cccc(CNc4nnc(C5CCNCC5)o4)c3C2=O)C(=O)N1. The third-order valence-electron chi connectivity index (χ3n) is 6.11. The molecule has 1 aromatic carbocycles. The summed E-state index contributed by atoms with van der Waals surface area (Å²) in [6, 6.07) is 4.23. The topological polar surface area (TPSA) is 147 Å². The molecule has 2 fully saturated rings. The highest BCUT2D eigenvalue weighted by molar-refractivity contribution is 6.24. The number of rotatable bonds is 5. The van der Waals surface area contributed by atoms with Crippen LogP contribution in [-0.4, -0.2) is 57.9 Å². The maximum Gasteiger partial charge on any atom is 0.315 e. The summed E-state index contributed by atoms with van der Waals surface area (Å²) in [6.07, 6.45) is 2.06. The number of aromatic nitrogens is 2. The minimum atomic E-state index is -0.996. The van der Waals surface area contributed by atoms with E-state index in [1.54, 1.807) is 18.2 Å². The van der Waals surface area contributed by atoms with E-state index in [0.717, 1.165) is 30.8 Å². The van der Waals surface area contributed by atoms with Crippen LogP contribution >= 0.6 is 0 Å². The molecule has 166 valence electrons. The minimum absolute atomic E-state index is 0.0782. The zero-order valence-corrected chi connectivity index (χ0v) is 17.2. The van der Waals surface area contributed by atoms with Crippen LogP contribution in [0.3, 0.4) is 0 Å². The van der Waals surface area contributed by atoms with Gasteiger partial charge in [0, 0.05) is 18.9 Å². The van der Waals surface area contributed by atoms with Gasteiger partial charge in [-0.15, -0.1) is 5.10 Å². The standard InChI is InChI=1S/C21H22N6O5/c28-15-5-4-14(17(29)24-15)27-19(30)13-3-1-2-12(16(13)20(27)31)10-23-21-26-25-18(32-21)11-6-8-22-9-7-11/h1-3,11,14,22H,4-10H2,(H,23,26)(H,24,28,29). The van der Waals surface area contributed by atoms with Crippen molar-refractivity contribution in [2.45, 2.75) is 44.2 Å². The largest absolute Gasteiger partial charge is 0.408 e. The van der Waals surface area contributed by atoms with Crippen LogP contribution < -0.4 is 16.0 Å². The van der Waals surface area contributed by atoms with Crippen LogP contribution in [0.25, 0.3) is 0 Å². The van der Waals surface area contributed by atoms with Gasteiger partial charge in [0.2, 0.25) is 17.7 Å². The lowest BCUT2D eigenvalue weighted by Crippen LogP contribution is -2.54. The number of carbonyl (C=O) groups excluding carboxylic acids is 4. The number of fused-ring (bicyclic) bond motifs is 1. The number of piperidine rings is 2. The molecule has 1 unspecified atom stereocenters. The van der Waals surface area contributed by atoms with Crippen molar-refractivity contribution >= 4 is 29.6 Å². The van der Waals surface area contributed by atoms with Gasteiger partial charge in [-0.3, -0.25) is 29.4 Å². The second kappa shape index (κ2) is 8.15. The Bertz CT molecular complexity index is 1110. The second-order valence-corrected chi connectivity index (χ2v) is 8.11. The number of hydrogen-bond donors (Lipinski definition) is 3. The van der Waals surface area contributed by atoms with Crippen LogP contribution in [0.15, 0.2) is 22.6 Å². The maximum absolute atomic E-state index is 13.1. The molecule has 0 spiro atoms. The van der Waals surface area contributed by atoms with Gasteiger partial charge in [-0.25, -0.2) is 0 Å². The number of carbonyl (C=O) groups is 4. The average Bonchev–Trinajstić information content (AvgIpc) is 3.37. The molecule has 2 saturated heterocycles. The summed E-state index contributed by atoms with van der Waals surface area (Å²) in [5.41, 5.74) is 1.06. The van der Waals surface area contributed by atoms with E-state index in [-0.39, 0.29) is 42.4 Å². The molecule has 11 heteroatoms. The number of hydrogen-bond acceptors (Lipinski definition) is 9. The molecule has 0 bridgehead atoms. The Balaban J connectivity index is 1.33. The third kappa shape index (κ3) is 3.54. The van der Waals surface area contributed by atoms with Gasteiger partial charge in [-0.2, -0.15) is 0 Å². The number of nitrogens with zero attached hydrogens (tertiary/aromatic N) is 3. The van der Waals surface area contributed by atoms with Crippen LogP contribution in [0.4, 0.5) is 6.01 Å². The Labute approximate surface area is 182 Å². The number of nitrogens with one attached hydrogen (secondary N) is 3. The van der Waals surface area contributed by atoms with Crippen molar-refractivity contribution in [2.75, 3.05) is 18.4 Å². The Morgan fingerprint density at radius 3 is 2.66 bits per heavy atom. The lowest BCUT2D eigenvalue weighted by molar-refractivity contribution is -0.136. The van der Waals surface area contributed by atoms with E-state index in [1.165, 1.54) is 0 Å². The molecule has 11 nitrogen and oxygen atoms in total. The fourth-order valence-corrected chi connectivity index (χ4v) is 4.44. The van der Waals surface area contributed by atoms with Crippen LogP contribution in [-0.2, 0) is 16.1 Å². The Morgan fingerprint density at radius 1 is 1.06 bits per heavy atom. The van der Waals surface area contributed by atoms with Crippen molar-refractivity contribution in [3.63, 3.8) is 0 Å². The third-order valence-corrected chi connectivity index (χ3v) is 6.11. The lowest BCUT2D eigenvalue weighted by atomic mass is 9.98. The van der Waals surface area contributed by atoms with Crippen molar-refractivity contribution in [1.82, 2.24) is 25.7 Å². The van der Waals surface area contributed by atoms with Crippen molar-refractivity contribution in [3.05, 3.63) is 40.8 Å². The van der Waals surface area contributed by atoms with E-state index >= 15 is 0 Å². The average molecular weight is 438 g/mol. The number of imide groups is 2. The molecular formula is C21H22N6O5. The highest BCUT2D eigenvalue weighted by Crippen LogP contribution is 2.30. The molecule has 1 aromatic heterocycles. The summed E-state index contributed by atoms with van der Waals surface area (Å²) in [5, 5.41) is 16.7. The predicted octanol–water partition coefficient (Wildman–Crippen LogP) is 0.550. The Kier molecular flexibility index (Phi) is 5.17. The Morgan fingerprint density at radius 2 is 1.88 bits per heavy atom. The maximum atomic E-state index is 13.1. The van der Waals surface area contributed by atoms with Gasteiger partial charge in [0.1, 0.15) is 6.04 Å². The van der Waals surface area contributed by atoms with Gasteiger partial charge in [0.15, 0.2) is 0 Å². The molecule has 32 heavy (non-hydrogen) atoms. The lowest BCUT2D eigenvalue weighted by Gasteiger charge is -2.27. The highest BCUT2D eigenvalue weighted by Gasteiger charge is 2.45. The molecular weight excluding hydrogens is 416 g/mol. The van der Waals surface area contributed by atoms with Crippen LogP contribution in [0.2, 0.25) is 0 Å². The first kappa shape index (κ1) is 20.3. The molecule has 0 saturated carbocycles. The van der Waals surface area contributed by atoms with Gasteiger partial charge < -0.3 is 15.1 Å². The van der Waals surface area contributed by atoms with Crippen LogP contribution in [0.1, 0.15) is 63.8 Å². The Hall–Kier alpha value is -3.60. The molecule has 1 atom stereocenters. The molecule has 4 amide bonds. The second-order valence-electron chi connectivity index (χ2n) is 8.11. The van der Waals surface area contributed by atoms with Crippen molar-refractivity contribution in [2.24, 2.45) is 0 Å². The molecule has 3 N–H and O–H groups in total. The summed E-state index contributed by atoms with van der Waals surface area (Å²) in [7, 11) is 0. The van der Waals surface area contributed by atoms with E-state index in [9.17, 15) is 19.2 Å². The van der Waals surface area contributed by atoms with Crippen molar-refractivity contribution < 1.29 is 23.6 Å². The van der Waals surface area contributed by atoms with Crippen LogP contribution in [0, 0.1) is 0 Å². The predicted molar refractivity (Wildman–Crippen MR) is 110 cm³/mol. The molecule has 5 rings (SSSR count). The zero-order chi connectivity index (χ0) is 22.2. The smallest absolute Gasteiger partial charge is 0.315 e. The summed E-state index contributed by atoms with van der Waals surface area (Å²) < 4.78 is 5.74. The number of anilines is 1. The fraction of sp³-hybridized carbons (Fsp3) is 0.429. The summed E-state index contributed by atoms with van der Waals surface area (Å²) in [5.74, 6) is -1.31. The molecule has 0 radical (unpaired) electrons. The van der Waals surface area contributed by atoms with E-state index in [4.69, 9.17) is 4.42 Å². The normalized spacial score (nSPS) is 21.6. The number of amides is 4. The first-order chi connectivity index (χ1) is 15.5. The monoisotopic (exact) mass is 438 g/mol. The fourth-order valence-electron chi connectivity index (χ4n) is 4.44. The zero-order valence-electron chi connectivity index (χ0n) is 17.2. The first-order valence-corrected chi connectivity index (χ1v) is 10.6. The van der Waals surface area contributed by atoms with E-state index in [0.29, 0.717) is 11.5 Å². The molecule has 0 aliphatic carbocycles. The summed E-state index contributed by atoms with van der Waals surface area (Å²) >= 11 is 0. The summed E-state index contributed by atoms with van der Waals surface area (Å²) in [4.78, 5) is 50.7. The van der Waals surface area contributed by atoms with Gasteiger partial charge in [0.05, 0.1) is 11.1 Å². The first-order valence-electron chi connectivity index (χ1n) is 10.6. The van der Waals surface area contributed by atoms with Crippen molar-refractivity contribution in [3.8, 4) is 0 Å². The quantitative estimate of drug-likeness (QED) is 0.569. The van der Waals surface area contributed by atoms with Crippen LogP contribution in [0.5, 0.6) is 0 Å². The van der Waals surface area contributed by atoms with Gasteiger partial charge >= 0.3 is 6.01 Å². The van der Waals surface area contributed by atoms with Gasteiger partial charge in [-0.1, -0.05) is 17.2 Å². The molecule has 2 aromatic rings. The van der Waals surface area contributed by atoms with Gasteiger partial charge in [0.25, 0.3) is 11.8 Å². The molecule has 3 aliphatic rings. The molecule has 3 aliphatic heterocycles. The van der Waals surface area contributed by atoms with E-state index < -0.39 is 29.7 Å². The highest BCUT2D eigenvalue weighted by atomic mass is 16.4. The molecule has 4 heterocycles. The summed E-state index contributed by atoms with van der Waals surface area (Å²) in [6.45, 7) is 2.01. The van der Waals surface area contributed by atoms with E-state index in [2.05, 4.69) is 26.1 Å². The van der Waals surface area contributed by atoms with E-state index in [1.807, 2.05) is 0 Å².